The van der Waals surface area contributed by atoms with Gasteiger partial charge >= 0.3 is 0 Å². The second-order valence-electron chi connectivity index (χ2n) is 5.05. The number of hydrogen-bond donors (Lipinski definition) is 1. The summed E-state index contributed by atoms with van der Waals surface area (Å²) in [5.74, 6) is 0. The highest BCUT2D eigenvalue weighted by molar-refractivity contribution is 6.31. The quantitative estimate of drug-likeness (QED) is 0.896. The molecule has 1 aromatic carbocycles. The molecule has 1 atom stereocenters. The van der Waals surface area contributed by atoms with E-state index in [1.54, 1.807) is 0 Å². The van der Waals surface area contributed by atoms with E-state index in [1.807, 2.05) is 29.1 Å². The van der Waals surface area contributed by atoms with Crippen molar-refractivity contribution in [2.75, 3.05) is 0 Å². The Morgan fingerprint density at radius 2 is 2.00 bits per heavy atom. The summed E-state index contributed by atoms with van der Waals surface area (Å²) in [6.45, 7) is 7.15. The fourth-order valence-corrected chi connectivity index (χ4v) is 2.26. The highest BCUT2D eigenvalue weighted by atomic mass is 35.5. The summed E-state index contributed by atoms with van der Waals surface area (Å²) in [5.41, 5.74) is 2.31. The van der Waals surface area contributed by atoms with E-state index in [4.69, 9.17) is 11.6 Å². The van der Waals surface area contributed by atoms with Crippen molar-refractivity contribution < 1.29 is 0 Å². The Morgan fingerprint density at radius 3 is 2.63 bits per heavy atom. The molecule has 0 fully saturated rings. The predicted octanol–water partition coefficient (Wildman–Crippen LogP) is 3.97. The summed E-state index contributed by atoms with van der Waals surface area (Å²) in [6, 6.07) is 8.55. The van der Waals surface area contributed by atoms with E-state index < -0.39 is 0 Å². The van der Waals surface area contributed by atoms with Crippen LogP contribution < -0.4 is 5.32 Å². The number of nitrogens with zero attached hydrogens (tertiary/aromatic N) is 2. The Labute approximate surface area is 119 Å². The molecular formula is C15H20ClN3. The molecule has 1 N–H and O–H groups in total. The number of nitrogens with one attached hydrogen (secondary N) is 1. The van der Waals surface area contributed by atoms with Gasteiger partial charge in [0.1, 0.15) is 0 Å². The normalized spacial score (nSPS) is 12.9. The van der Waals surface area contributed by atoms with Gasteiger partial charge in [0.25, 0.3) is 0 Å². The van der Waals surface area contributed by atoms with Gasteiger partial charge in [0.05, 0.1) is 6.20 Å². The van der Waals surface area contributed by atoms with E-state index in [1.165, 1.54) is 5.56 Å². The molecule has 2 rings (SSSR count). The average Bonchev–Trinajstić information content (AvgIpc) is 2.85. The SMILES string of the molecule is CC(C)n1cc(CN[C@@H](C)c2ccccc2Cl)cn1. The van der Waals surface area contributed by atoms with Gasteiger partial charge in [0.15, 0.2) is 0 Å². The van der Waals surface area contributed by atoms with Gasteiger partial charge < -0.3 is 5.32 Å². The molecular weight excluding hydrogens is 258 g/mol. The van der Waals surface area contributed by atoms with Gasteiger partial charge in [-0.2, -0.15) is 5.10 Å². The third kappa shape index (κ3) is 3.58. The van der Waals surface area contributed by atoms with Crippen LogP contribution in [-0.4, -0.2) is 9.78 Å². The van der Waals surface area contributed by atoms with Crippen molar-refractivity contribution in [1.82, 2.24) is 15.1 Å². The van der Waals surface area contributed by atoms with Crippen LogP contribution >= 0.6 is 11.6 Å². The first-order valence-electron chi connectivity index (χ1n) is 6.58. The summed E-state index contributed by atoms with van der Waals surface area (Å²) in [7, 11) is 0. The van der Waals surface area contributed by atoms with Gasteiger partial charge in [0, 0.05) is 35.4 Å². The Morgan fingerprint density at radius 1 is 1.26 bits per heavy atom. The van der Waals surface area contributed by atoms with Gasteiger partial charge in [-0.15, -0.1) is 0 Å². The smallest absolute Gasteiger partial charge is 0.0534 e. The lowest BCUT2D eigenvalue weighted by atomic mass is 10.1. The number of hydrogen-bond acceptors (Lipinski definition) is 2. The predicted molar refractivity (Wildman–Crippen MR) is 79.3 cm³/mol. The Kier molecular flexibility index (Phi) is 4.61. The molecule has 0 aliphatic carbocycles. The number of aromatic nitrogens is 2. The van der Waals surface area contributed by atoms with Crippen molar-refractivity contribution in [2.45, 2.75) is 39.4 Å². The number of benzene rings is 1. The van der Waals surface area contributed by atoms with Crippen LogP contribution in [0.2, 0.25) is 5.02 Å². The van der Waals surface area contributed by atoms with Crippen molar-refractivity contribution in [1.29, 1.82) is 0 Å². The highest BCUT2D eigenvalue weighted by Gasteiger charge is 2.09. The first kappa shape index (κ1) is 14.1. The fourth-order valence-electron chi connectivity index (χ4n) is 1.96. The maximum Gasteiger partial charge on any atom is 0.0534 e. The monoisotopic (exact) mass is 277 g/mol. The molecule has 0 radical (unpaired) electrons. The van der Waals surface area contributed by atoms with Crippen LogP contribution in [0.1, 0.15) is 44.0 Å². The summed E-state index contributed by atoms with van der Waals surface area (Å²) >= 11 is 6.19. The molecule has 0 amide bonds. The molecule has 19 heavy (non-hydrogen) atoms. The maximum atomic E-state index is 6.19. The average molecular weight is 278 g/mol. The van der Waals surface area contributed by atoms with E-state index in [0.717, 1.165) is 17.1 Å². The van der Waals surface area contributed by atoms with Crippen LogP contribution in [-0.2, 0) is 6.54 Å². The van der Waals surface area contributed by atoms with E-state index in [0.29, 0.717) is 6.04 Å². The van der Waals surface area contributed by atoms with Crippen LogP contribution in [0.4, 0.5) is 0 Å². The van der Waals surface area contributed by atoms with E-state index >= 15 is 0 Å². The summed E-state index contributed by atoms with van der Waals surface area (Å²) in [6.07, 6.45) is 3.99. The first-order chi connectivity index (χ1) is 9.08. The van der Waals surface area contributed by atoms with Crippen molar-refractivity contribution in [3.63, 3.8) is 0 Å². The lowest BCUT2D eigenvalue weighted by Gasteiger charge is -2.15. The van der Waals surface area contributed by atoms with Gasteiger partial charge in [-0.05, 0) is 32.4 Å². The largest absolute Gasteiger partial charge is 0.306 e. The zero-order chi connectivity index (χ0) is 13.8. The van der Waals surface area contributed by atoms with Gasteiger partial charge in [-0.3, -0.25) is 4.68 Å². The molecule has 4 heteroatoms. The molecule has 0 saturated heterocycles. The third-order valence-corrected chi connectivity index (χ3v) is 3.51. The molecule has 0 bridgehead atoms. The summed E-state index contributed by atoms with van der Waals surface area (Å²) < 4.78 is 1.97. The molecule has 3 nitrogen and oxygen atoms in total. The van der Waals surface area contributed by atoms with Gasteiger partial charge in [-0.25, -0.2) is 0 Å². The van der Waals surface area contributed by atoms with Crippen molar-refractivity contribution in [3.8, 4) is 0 Å². The lowest BCUT2D eigenvalue weighted by molar-refractivity contribution is 0.530. The third-order valence-electron chi connectivity index (χ3n) is 3.17. The Hall–Kier alpha value is -1.32. The van der Waals surface area contributed by atoms with E-state index in [-0.39, 0.29) is 6.04 Å². The second kappa shape index (κ2) is 6.22. The summed E-state index contributed by atoms with van der Waals surface area (Å²) in [5, 5.41) is 8.61. The highest BCUT2D eigenvalue weighted by Crippen LogP contribution is 2.22. The van der Waals surface area contributed by atoms with Crippen LogP contribution in [0.3, 0.4) is 0 Å². The maximum absolute atomic E-state index is 6.19. The second-order valence-corrected chi connectivity index (χ2v) is 5.45. The molecule has 1 aromatic heterocycles. The van der Waals surface area contributed by atoms with Crippen LogP contribution in [0.5, 0.6) is 0 Å². The molecule has 1 heterocycles. The lowest BCUT2D eigenvalue weighted by Crippen LogP contribution is -2.18. The van der Waals surface area contributed by atoms with Gasteiger partial charge in [0.2, 0.25) is 0 Å². The van der Waals surface area contributed by atoms with Crippen LogP contribution in [0.15, 0.2) is 36.7 Å². The zero-order valence-electron chi connectivity index (χ0n) is 11.6. The molecule has 0 aliphatic rings. The minimum absolute atomic E-state index is 0.219. The Bertz CT molecular complexity index is 534. The van der Waals surface area contributed by atoms with Gasteiger partial charge in [-0.1, -0.05) is 29.8 Å². The molecule has 0 saturated carbocycles. The fraction of sp³-hybridized carbons (Fsp3) is 0.400. The van der Waals surface area contributed by atoms with Crippen LogP contribution in [0, 0.1) is 0 Å². The first-order valence-corrected chi connectivity index (χ1v) is 6.96. The van der Waals surface area contributed by atoms with Crippen molar-refractivity contribution in [3.05, 3.63) is 52.8 Å². The molecule has 2 aromatic rings. The molecule has 0 unspecified atom stereocenters. The number of halogens is 1. The minimum Gasteiger partial charge on any atom is -0.306 e. The van der Waals surface area contributed by atoms with Crippen molar-refractivity contribution in [2.24, 2.45) is 0 Å². The summed E-state index contributed by atoms with van der Waals surface area (Å²) in [4.78, 5) is 0. The standard InChI is InChI=1S/C15H20ClN3/c1-11(2)19-10-13(9-18-19)8-17-12(3)14-6-4-5-7-15(14)16/h4-7,9-12,17H,8H2,1-3H3/t12-/m0/s1. The zero-order valence-corrected chi connectivity index (χ0v) is 12.4. The van der Waals surface area contributed by atoms with E-state index in [2.05, 4.69) is 43.4 Å². The van der Waals surface area contributed by atoms with E-state index in [9.17, 15) is 0 Å². The van der Waals surface area contributed by atoms with Crippen LogP contribution in [0.25, 0.3) is 0 Å². The van der Waals surface area contributed by atoms with Crippen molar-refractivity contribution >= 4 is 11.6 Å². The minimum atomic E-state index is 0.219. The Balaban J connectivity index is 1.96. The molecule has 0 spiro atoms. The number of rotatable bonds is 5. The molecule has 0 aliphatic heterocycles. The molecule has 102 valence electrons. The topological polar surface area (TPSA) is 29.9 Å².